The highest BCUT2D eigenvalue weighted by atomic mass is 32.1. The number of nitrogens with zero attached hydrogens (tertiary/aromatic N) is 5. The van der Waals surface area contributed by atoms with Crippen molar-refractivity contribution in [3.63, 3.8) is 0 Å². The summed E-state index contributed by atoms with van der Waals surface area (Å²) < 4.78 is 5.16. The lowest BCUT2D eigenvalue weighted by Crippen LogP contribution is -2.36. The highest BCUT2D eigenvalue weighted by Crippen LogP contribution is 2.30. The van der Waals surface area contributed by atoms with E-state index < -0.39 is 0 Å². The van der Waals surface area contributed by atoms with Crippen molar-refractivity contribution >= 4 is 37.7 Å². The van der Waals surface area contributed by atoms with E-state index in [0.717, 1.165) is 64.3 Å². The molecule has 1 saturated carbocycles. The summed E-state index contributed by atoms with van der Waals surface area (Å²) in [6, 6.07) is 14.7. The van der Waals surface area contributed by atoms with Crippen LogP contribution in [0.15, 0.2) is 61.2 Å². The lowest BCUT2D eigenvalue weighted by molar-refractivity contribution is 0.116. The number of aromatic nitrogens is 5. The van der Waals surface area contributed by atoms with E-state index in [1.165, 1.54) is 5.56 Å². The summed E-state index contributed by atoms with van der Waals surface area (Å²) >= 11 is 1.66. The van der Waals surface area contributed by atoms with Crippen LogP contribution in [-0.2, 0) is 6.54 Å². The van der Waals surface area contributed by atoms with Gasteiger partial charge < -0.3 is 15.0 Å². The highest BCUT2D eigenvalue weighted by molar-refractivity contribution is 7.22. The molecule has 32 heavy (non-hydrogen) atoms. The highest BCUT2D eigenvalue weighted by Gasteiger charge is 2.23. The fourth-order valence-electron chi connectivity index (χ4n) is 4.51. The lowest BCUT2D eigenvalue weighted by Gasteiger charge is -2.27. The van der Waals surface area contributed by atoms with Crippen LogP contribution in [0.5, 0.6) is 0 Å². The van der Waals surface area contributed by atoms with Gasteiger partial charge >= 0.3 is 0 Å². The lowest BCUT2D eigenvalue weighted by atomic mass is 9.93. The van der Waals surface area contributed by atoms with E-state index >= 15 is 0 Å². The second kappa shape index (κ2) is 8.03. The number of fused-ring (bicyclic) bond motifs is 2. The van der Waals surface area contributed by atoms with Crippen molar-refractivity contribution < 1.29 is 5.11 Å². The maximum atomic E-state index is 10.3. The molecule has 0 aliphatic heterocycles. The van der Waals surface area contributed by atoms with Crippen molar-refractivity contribution in [2.75, 3.05) is 5.32 Å². The second-order valence-electron chi connectivity index (χ2n) is 8.42. The van der Waals surface area contributed by atoms with Gasteiger partial charge in [0.2, 0.25) is 0 Å². The smallest absolute Gasteiger partial charge is 0.184 e. The molecule has 1 aliphatic rings. The molecule has 0 saturated heterocycles. The third-order valence-electron chi connectivity index (χ3n) is 6.22. The fraction of sp³-hybridized carbons (Fsp3) is 0.292. The van der Waals surface area contributed by atoms with Crippen LogP contribution >= 0.6 is 11.3 Å². The minimum absolute atomic E-state index is 0.104. The molecule has 7 nitrogen and oxygen atoms in total. The Morgan fingerprint density at radius 1 is 1.09 bits per heavy atom. The van der Waals surface area contributed by atoms with E-state index in [9.17, 15) is 5.11 Å². The van der Waals surface area contributed by atoms with E-state index in [0.29, 0.717) is 0 Å². The number of aliphatic hydroxyl groups excluding tert-OH is 1. The van der Waals surface area contributed by atoms with Gasteiger partial charge in [0.25, 0.3) is 0 Å². The van der Waals surface area contributed by atoms with Crippen molar-refractivity contribution in [1.82, 2.24) is 24.3 Å². The van der Waals surface area contributed by atoms with Crippen molar-refractivity contribution in [3.05, 3.63) is 66.7 Å². The number of imidazole rings is 1. The third kappa shape index (κ3) is 3.65. The first-order valence-corrected chi connectivity index (χ1v) is 11.8. The van der Waals surface area contributed by atoms with Gasteiger partial charge in [0.05, 0.1) is 45.4 Å². The van der Waals surface area contributed by atoms with Gasteiger partial charge in [0.1, 0.15) is 0 Å². The number of rotatable bonds is 5. The number of anilines is 1. The van der Waals surface area contributed by atoms with Gasteiger partial charge in [-0.15, -0.1) is 0 Å². The summed E-state index contributed by atoms with van der Waals surface area (Å²) in [4.78, 5) is 9.33. The molecule has 0 amide bonds. The van der Waals surface area contributed by atoms with Gasteiger partial charge in [-0.1, -0.05) is 30.2 Å². The van der Waals surface area contributed by atoms with E-state index in [-0.39, 0.29) is 12.1 Å². The van der Waals surface area contributed by atoms with Gasteiger partial charge in [0.15, 0.2) is 5.13 Å². The van der Waals surface area contributed by atoms with Crippen molar-refractivity contribution in [2.45, 2.75) is 44.4 Å². The first kappa shape index (κ1) is 19.5. The van der Waals surface area contributed by atoms with Crippen LogP contribution in [0.25, 0.3) is 26.9 Å². The zero-order chi connectivity index (χ0) is 21.5. The molecule has 5 aromatic rings. The molecule has 1 fully saturated rings. The summed E-state index contributed by atoms with van der Waals surface area (Å²) in [5, 5.41) is 18.9. The van der Waals surface area contributed by atoms with Crippen molar-refractivity contribution in [3.8, 4) is 5.69 Å². The molecular weight excluding hydrogens is 420 g/mol. The average molecular weight is 445 g/mol. The van der Waals surface area contributed by atoms with E-state index in [1.807, 2.05) is 23.3 Å². The SMILES string of the molecule is OC1CCCCC1Nc1nc2ccc(Cn3cnc4cc(-n5cccn5)ccc43)cc2s1. The summed E-state index contributed by atoms with van der Waals surface area (Å²) in [6.45, 7) is 0.746. The molecule has 8 heteroatoms. The summed E-state index contributed by atoms with van der Waals surface area (Å²) in [7, 11) is 0. The predicted molar refractivity (Wildman–Crippen MR) is 127 cm³/mol. The number of aliphatic hydroxyl groups is 1. The molecule has 2 aromatic carbocycles. The van der Waals surface area contributed by atoms with Gasteiger partial charge in [-0.25, -0.2) is 14.6 Å². The number of nitrogens with one attached hydrogen (secondary N) is 1. The van der Waals surface area contributed by atoms with Gasteiger partial charge in [0, 0.05) is 18.9 Å². The number of hydrogen-bond donors (Lipinski definition) is 2. The summed E-state index contributed by atoms with van der Waals surface area (Å²) in [5.74, 6) is 0. The molecule has 0 radical (unpaired) electrons. The van der Waals surface area contributed by atoms with Gasteiger partial charge in [-0.2, -0.15) is 5.10 Å². The number of benzene rings is 2. The second-order valence-corrected chi connectivity index (χ2v) is 9.45. The average Bonchev–Trinajstić information content (AvgIpc) is 3.55. The Labute approximate surface area is 189 Å². The van der Waals surface area contributed by atoms with Crippen molar-refractivity contribution in [2.24, 2.45) is 0 Å². The Morgan fingerprint density at radius 2 is 2.03 bits per heavy atom. The largest absolute Gasteiger partial charge is 0.391 e. The zero-order valence-electron chi connectivity index (χ0n) is 17.6. The molecular formula is C24H24N6OS. The first-order valence-electron chi connectivity index (χ1n) is 11.0. The Kier molecular flexibility index (Phi) is 4.88. The van der Waals surface area contributed by atoms with E-state index in [4.69, 9.17) is 4.98 Å². The minimum atomic E-state index is -0.283. The molecule has 6 rings (SSSR count). The Balaban J connectivity index is 1.23. The number of thiazole rings is 1. The van der Waals surface area contributed by atoms with Gasteiger partial charge in [-0.05, 0) is 54.8 Å². The van der Waals surface area contributed by atoms with Crippen LogP contribution in [0.1, 0.15) is 31.2 Å². The molecule has 2 atom stereocenters. The monoisotopic (exact) mass is 444 g/mol. The maximum Gasteiger partial charge on any atom is 0.184 e. The first-order chi connectivity index (χ1) is 15.7. The number of hydrogen-bond acceptors (Lipinski definition) is 6. The molecule has 0 bridgehead atoms. The van der Waals surface area contributed by atoms with Crippen LogP contribution < -0.4 is 5.32 Å². The molecule has 0 spiro atoms. The molecule has 2 unspecified atom stereocenters. The fourth-order valence-corrected chi connectivity index (χ4v) is 5.50. The van der Waals surface area contributed by atoms with Crippen LogP contribution in [0.4, 0.5) is 5.13 Å². The zero-order valence-corrected chi connectivity index (χ0v) is 18.4. The molecule has 2 N–H and O–H groups in total. The standard InChI is InChI=1S/C24H24N6OS/c31-22-5-2-1-4-18(22)27-24-28-19-8-6-16(12-23(19)32-24)14-29-15-25-20-13-17(7-9-21(20)29)30-11-3-10-26-30/h3,6-13,15,18,22,31H,1-2,4-5,14H2,(H,27,28). The minimum Gasteiger partial charge on any atom is -0.391 e. The summed E-state index contributed by atoms with van der Waals surface area (Å²) in [5.41, 5.74) is 5.25. The Morgan fingerprint density at radius 3 is 2.91 bits per heavy atom. The molecule has 162 valence electrons. The molecule has 3 aromatic heterocycles. The summed E-state index contributed by atoms with van der Waals surface area (Å²) in [6.07, 6.45) is 9.45. The van der Waals surface area contributed by atoms with E-state index in [2.05, 4.69) is 56.4 Å². The predicted octanol–water partition coefficient (Wildman–Crippen LogP) is 4.60. The topological polar surface area (TPSA) is 80.8 Å². The van der Waals surface area contributed by atoms with Crippen LogP contribution in [0.3, 0.4) is 0 Å². The normalized spacial score (nSPS) is 19.0. The van der Waals surface area contributed by atoms with Crippen molar-refractivity contribution in [1.29, 1.82) is 0 Å². The quantitative estimate of drug-likeness (QED) is 0.414. The molecule has 1 aliphatic carbocycles. The van der Waals surface area contributed by atoms with Crippen LogP contribution in [0, 0.1) is 0 Å². The molecule has 3 heterocycles. The Bertz CT molecular complexity index is 1370. The Hall–Kier alpha value is -3.23. The third-order valence-corrected chi connectivity index (χ3v) is 7.17. The van der Waals surface area contributed by atoms with Gasteiger partial charge in [-0.3, -0.25) is 0 Å². The van der Waals surface area contributed by atoms with Crippen LogP contribution in [0.2, 0.25) is 0 Å². The maximum absolute atomic E-state index is 10.3. The van der Waals surface area contributed by atoms with E-state index in [1.54, 1.807) is 17.5 Å². The van der Waals surface area contributed by atoms with Crippen LogP contribution in [-0.4, -0.2) is 41.6 Å².